The van der Waals surface area contributed by atoms with Crippen LogP contribution < -0.4 is 16.4 Å². The van der Waals surface area contributed by atoms with Crippen molar-refractivity contribution >= 4 is 47.2 Å². The van der Waals surface area contributed by atoms with Crippen LogP contribution in [0.4, 0.5) is 0 Å². The van der Waals surface area contributed by atoms with Crippen LogP contribution in [0, 0.1) is 0 Å². The zero-order valence-corrected chi connectivity index (χ0v) is 18.8. The molecule has 0 spiro atoms. The summed E-state index contributed by atoms with van der Waals surface area (Å²) in [7, 11) is 0. The minimum atomic E-state index is -1.04. The number of thioether (sulfide) groups is 2. The molecule has 9 nitrogen and oxygen atoms in total. The van der Waals surface area contributed by atoms with Crippen molar-refractivity contribution in [1.82, 2.24) is 15.5 Å². The summed E-state index contributed by atoms with van der Waals surface area (Å²) in [4.78, 5) is 50.3. The minimum Gasteiger partial charge on any atom is -0.480 e. The van der Waals surface area contributed by atoms with Gasteiger partial charge in [-0.05, 0) is 56.6 Å². The van der Waals surface area contributed by atoms with E-state index in [4.69, 9.17) is 5.73 Å². The zero-order chi connectivity index (χ0) is 22.0. The molecule has 4 atom stereocenters. The Balaban J connectivity index is 2.73. The number of carboxylic acid groups (broad SMARTS) is 1. The number of rotatable bonds is 12. The molecule has 1 fully saturated rings. The highest BCUT2D eigenvalue weighted by Gasteiger charge is 2.37. The Bertz CT molecular complexity index is 593. The van der Waals surface area contributed by atoms with E-state index >= 15 is 0 Å². The smallest absolute Gasteiger partial charge is 0.326 e. The zero-order valence-electron chi connectivity index (χ0n) is 17.2. The van der Waals surface area contributed by atoms with Gasteiger partial charge in [0, 0.05) is 6.54 Å². The van der Waals surface area contributed by atoms with Crippen molar-refractivity contribution in [3.8, 4) is 0 Å². The molecule has 0 saturated carbocycles. The van der Waals surface area contributed by atoms with Gasteiger partial charge in [0.15, 0.2) is 0 Å². The van der Waals surface area contributed by atoms with E-state index in [1.807, 2.05) is 12.5 Å². The molecule has 0 aliphatic carbocycles. The van der Waals surface area contributed by atoms with Gasteiger partial charge < -0.3 is 26.4 Å². The fourth-order valence-electron chi connectivity index (χ4n) is 3.04. The Morgan fingerprint density at radius 3 is 2.31 bits per heavy atom. The maximum Gasteiger partial charge on any atom is 0.326 e. The normalized spacial score (nSPS) is 19.3. The molecule has 1 aliphatic heterocycles. The lowest BCUT2D eigenvalue weighted by Crippen LogP contribution is -2.56. The molecule has 1 saturated heterocycles. The number of nitrogens with one attached hydrogen (secondary N) is 2. The number of hydrogen-bond acceptors (Lipinski definition) is 7. The van der Waals surface area contributed by atoms with Crippen molar-refractivity contribution < 1.29 is 24.3 Å². The van der Waals surface area contributed by atoms with Gasteiger partial charge in [0.2, 0.25) is 17.7 Å². The number of amides is 3. The van der Waals surface area contributed by atoms with E-state index in [1.165, 1.54) is 23.6 Å². The number of nitrogens with two attached hydrogens (primary N) is 1. The highest BCUT2D eigenvalue weighted by atomic mass is 32.2. The van der Waals surface area contributed by atoms with E-state index in [1.54, 1.807) is 11.8 Å². The lowest BCUT2D eigenvalue weighted by Gasteiger charge is -2.28. The van der Waals surface area contributed by atoms with Gasteiger partial charge in [0.1, 0.15) is 18.1 Å². The molecule has 29 heavy (non-hydrogen) atoms. The van der Waals surface area contributed by atoms with Crippen LogP contribution in [0.1, 0.15) is 32.6 Å². The molecule has 1 heterocycles. The molecule has 4 unspecified atom stereocenters. The third-order valence-corrected chi connectivity index (χ3v) is 6.06. The predicted molar refractivity (Wildman–Crippen MR) is 116 cm³/mol. The van der Waals surface area contributed by atoms with Gasteiger partial charge in [-0.25, -0.2) is 4.79 Å². The van der Waals surface area contributed by atoms with Gasteiger partial charge >= 0.3 is 5.97 Å². The summed E-state index contributed by atoms with van der Waals surface area (Å²) in [6.45, 7) is 1.89. The summed E-state index contributed by atoms with van der Waals surface area (Å²) in [6.07, 6.45) is 5.71. The molecule has 1 aliphatic rings. The van der Waals surface area contributed by atoms with Crippen LogP contribution in [-0.4, -0.2) is 88.4 Å². The van der Waals surface area contributed by atoms with E-state index in [0.29, 0.717) is 38.0 Å². The largest absolute Gasteiger partial charge is 0.480 e. The fourth-order valence-corrected chi connectivity index (χ4v) is 4.00. The monoisotopic (exact) mass is 448 g/mol. The molecular formula is C18H32N4O5S2. The molecule has 0 aromatic heterocycles. The number of carbonyl (C=O) groups excluding carboxylic acids is 3. The second kappa shape index (κ2) is 13.0. The van der Waals surface area contributed by atoms with Gasteiger partial charge in [0.25, 0.3) is 0 Å². The quantitative estimate of drug-likeness (QED) is 0.324. The molecule has 3 amide bonds. The molecule has 0 aromatic rings. The Morgan fingerprint density at radius 1 is 1.10 bits per heavy atom. The number of carboxylic acids is 1. The first-order chi connectivity index (χ1) is 13.7. The van der Waals surface area contributed by atoms with Crippen LogP contribution in [-0.2, 0) is 19.2 Å². The summed E-state index contributed by atoms with van der Waals surface area (Å²) in [5, 5.41) is 14.6. The number of nitrogens with zero attached hydrogens (tertiary/aromatic N) is 1. The van der Waals surface area contributed by atoms with Crippen molar-refractivity contribution in [2.75, 3.05) is 30.6 Å². The Labute approximate surface area is 180 Å². The average molecular weight is 449 g/mol. The topological polar surface area (TPSA) is 142 Å². The summed E-state index contributed by atoms with van der Waals surface area (Å²) in [5.74, 6) is -0.984. The van der Waals surface area contributed by atoms with Crippen LogP contribution in [0.15, 0.2) is 0 Å². The van der Waals surface area contributed by atoms with Crippen LogP contribution in [0.25, 0.3) is 0 Å². The Morgan fingerprint density at radius 2 is 1.72 bits per heavy atom. The van der Waals surface area contributed by atoms with Gasteiger partial charge in [-0.1, -0.05) is 0 Å². The second-order valence-corrected chi connectivity index (χ2v) is 8.96. The first-order valence-corrected chi connectivity index (χ1v) is 12.4. The fraction of sp³-hybridized carbons (Fsp3) is 0.778. The van der Waals surface area contributed by atoms with E-state index < -0.39 is 47.9 Å². The minimum absolute atomic E-state index is 0.359. The maximum absolute atomic E-state index is 12.9. The van der Waals surface area contributed by atoms with Gasteiger partial charge in [0.05, 0.1) is 6.04 Å². The molecule has 0 bridgehead atoms. The van der Waals surface area contributed by atoms with Crippen LogP contribution in [0.2, 0.25) is 0 Å². The number of likely N-dealkylation sites (tertiary alicyclic amines) is 1. The average Bonchev–Trinajstić information content (AvgIpc) is 3.18. The van der Waals surface area contributed by atoms with E-state index in [9.17, 15) is 24.3 Å². The van der Waals surface area contributed by atoms with Crippen molar-refractivity contribution in [3.63, 3.8) is 0 Å². The maximum atomic E-state index is 12.9. The van der Waals surface area contributed by atoms with E-state index in [0.717, 1.165) is 5.75 Å². The number of hydrogen-bond donors (Lipinski definition) is 4. The van der Waals surface area contributed by atoms with Gasteiger partial charge in [-0.3, -0.25) is 14.4 Å². The van der Waals surface area contributed by atoms with E-state index in [2.05, 4.69) is 10.6 Å². The van der Waals surface area contributed by atoms with Crippen molar-refractivity contribution in [2.24, 2.45) is 5.73 Å². The molecule has 0 radical (unpaired) electrons. The summed E-state index contributed by atoms with van der Waals surface area (Å²) < 4.78 is 0. The number of carbonyl (C=O) groups is 4. The van der Waals surface area contributed by atoms with E-state index in [-0.39, 0.29) is 0 Å². The van der Waals surface area contributed by atoms with Gasteiger partial charge in [-0.15, -0.1) is 0 Å². The van der Waals surface area contributed by atoms with Crippen molar-refractivity contribution in [2.45, 2.75) is 56.8 Å². The molecular weight excluding hydrogens is 416 g/mol. The first kappa shape index (κ1) is 25.6. The molecule has 5 N–H and O–H groups in total. The number of aliphatic carboxylic acids is 1. The summed E-state index contributed by atoms with van der Waals surface area (Å²) >= 11 is 3.11. The molecule has 1 rings (SSSR count). The van der Waals surface area contributed by atoms with Gasteiger partial charge in [-0.2, -0.15) is 23.5 Å². The Kier molecular flexibility index (Phi) is 11.4. The predicted octanol–water partition coefficient (Wildman–Crippen LogP) is -0.115. The molecule has 11 heteroatoms. The van der Waals surface area contributed by atoms with Crippen LogP contribution in [0.5, 0.6) is 0 Å². The SMILES string of the molecule is CSCCC(N)C(=O)NC(C)C(=O)NC(CCSC)C(=O)N1CCCC1C(=O)O. The summed E-state index contributed by atoms with van der Waals surface area (Å²) in [5.41, 5.74) is 5.82. The highest BCUT2D eigenvalue weighted by molar-refractivity contribution is 7.98. The molecule has 166 valence electrons. The van der Waals surface area contributed by atoms with Crippen molar-refractivity contribution in [1.29, 1.82) is 0 Å². The Hall–Kier alpha value is -1.46. The first-order valence-electron chi connectivity index (χ1n) is 9.60. The lowest BCUT2D eigenvalue weighted by atomic mass is 10.1. The highest BCUT2D eigenvalue weighted by Crippen LogP contribution is 2.19. The van der Waals surface area contributed by atoms with Crippen molar-refractivity contribution in [3.05, 3.63) is 0 Å². The third kappa shape index (κ3) is 8.06. The third-order valence-electron chi connectivity index (χ3n) is 4.77. The lowest BCUT2D eigenvalue weighted by molar-refractivity contribution is -0.149. The second-order valence-electron chi connectivity index (χ2n) is 6.99. The van der Waals surface area contributed by atoms with Crippen LogP contribution >= 0.6 is 23.5 Å². The standard InChI is InChI=1S/C18H32N4O5S2/c1-11(20-16(24)12(19)6-9-28-2)15(23)21-13(7-10-29-3)17(25)22-8-4-5-14(22)18(26)27/h11-14H,4-10,19H2,1-3H3,(H,20,24)(H,21,23)(H,26,27). The van der Waals surface area contributed by atoms with Crippen LogP contribution in [0.3, 0.4) is 0 Å². The summed E-state index contributed by atoms with van der Waals surface area (Å²) in [6, 6.07) is -3.25. The molecule has 0 aromatic carbocycles.